The Bertz CT molecular complexity index is 814. The SMILES string of the molecule is CC(=O)Cc1ccc2c(c1)N=C(NC(=O)OC(C)(C)C)CC(C(C)=O)=C2. The summed E-state index contributed by atoms with van der Waals surface area (Å²) in [7, 11) is 0. The second-order valence-corrected chi connectivity index (χ2v) is 7.36. The van der Waals surface area contributed by atoms with Crippen molar-refractivity contribution >= 4 is 35.3 Å². The number of Topliss-reactive ketones (excluding diaryl/α,β-unsaturated/α-hetero) is 2. The lowest BCUT2D eigenvalue weighted by Gasteiger charge is -2.20. The molecule has 2 rings (SSSR count). The maximum Gasteiger partial charge on any atom is 0.413 e. The average molecular weight is 356 g/mol. The molecule has 1 N–H and O–H groups in total. The number of carbonyl (C=O) groups is 3. The van der Waals surface area contributed by atoms with Crippen LogP contribution in [0.15, 0.2) is 28.8 Å². The van der Waals surface area contributed by atoms with Crippen LogP contribution >= 0.6 is 0 Å². The summed E-state index contributed by atoms with van der Waals surface area (Å²) >= 11 is 0. The number of aliphatic imine (C=N–C) groups is 1. The Balaban J connectivity index is 2.38. The number of carbonyl (C=O) groups excluding carboxylic acids is 3. The van der Waals surface area contributed by atoms with Crippen LogP contribution in [-0.2, 0) is 20.7 Å². The molecule has 6 heteroatoms. The van der Waals surface area contributed by atoms with Crippen molar-refractivity contribution in [2.75, 3.05) is 0 Å². The lowest BCUT2D eigenvalue weighted by atomic mass is 10.0. The molecule has 0 saturated carbocycles. The number of rotatable bonds is 3. The smallest absolute Gasteiger partial charge is 0.413 e. The number of amides is 1. The van der Waals surface area contributed by atoms with Crippen LogP contribution in [0.25, 0.3) is 6.08 Å². The van der Waals surface area contributed by atoms with Gasteiger partial charge in [-0.3, -0.25) is 14.9 Å². The zero-order chi connectivity index (χ0) is 19.5. The van der Waals surface area contributed by atoms with Crippen LogP contribution in [0.5, 0.6) is 0 Å². The van der Waals surface area contributed by atoms with Crippen molar-refractivity contribution in [3.05, 3.63) is 34.9 Å². The van der Waals surface area contributed by atoms with Crippen LogP contribution in [0.4, 0.5) is 10.5 Å². The standard InChI is InChI=1S/C20H24N2O4/c1-12(23)8-14-6-7-15-10-16(13(2)24)11-18(21-17(15)9-14)22-19(25)26-20(3,4)5/h6-7,9-10H,8,11H2,1-5H3,(H,21,22,25). The van der Waals surface area contributed by atoms with Gasteiger partial charge in [-0.25, -0.2) is 9.79 Å². The molecule has 0 fully saturated rings. The van der Waals surface area contributed by atoms with Gasteiger partial charge in [-0.1, -0.05) is 12.1 Å². The average Bonchev–Trinajstić information content (AvgIpc) is 2.63. The minimum absolute atomic E-state index is 0.0506. The van der Waals surface area contributed by atoms with E-state index >= 15 is 0 Å². The van der Waals surface area contributed by atoms with E-state index in [1.165, 1.54) is 13.8 Å². The number of amidine groups is 1. The third-order valence-electron chi connectivity index (χ3n) is 3.59. The van der Waals surface area contributed by atoms with Crippen LogP contribution < -0.4 is 5.32 Å². The Morgan fingerprint density at radius 1 is 1.19 bits per heavy atom. The number of nitrogens with zero attached hydrogens (tertiary/aromatic N) is 1. The fourth-order valence-corrected chi connectivity index (χ4v) is 2.53. The van der Waals surface area contributed by atoms with Gasteiger partial charge in [-0.05, 0) is 52.3 Å². The molecule has 1 aliphatic rings. The van der Waals surface area contributed by atoms with E-state index in [1.807, 2.05) is 12.1 Å². The number of ether oxygens (including phenoxy) is 1. The largest absolute Gasteiger partial charge is 0.444 e. The summed E-state index contributed by atoms with van der Waals surface area (Å²) in [5.41, 5.74) is 2.10. The fraction of sp³-hybridized carbons (Fsp3) is 0.400. The summed E-state index contributed by atoms with van der Waals surface area (Å²) in [5, 5.41) is 2.63. The molecule has 138 valence electrons. The minimum Gasteiger partial charge on any atom is -0.444 e. The first-order valence-electron chi connectivity index (χ1n) is 8.45. The highest BCUT2D eigenvalue weighted by Gasteiger charge is 2.21. The summed E-state index contributed by atoms with van der Waals surface area (Å²) in [5.74, 6) is 0.290. The third kappa shape index (κ3) is 5.65. The Kier molecular flexibility index (Phi) is 5.75. The highest BCUT2D eigenvalue weighted by Crippen LogP contribution is 2.28. The highest BCUT2D eigenvalue weighted by molar-refractivity contribution is 6.08. The van der Waals surface area contributed by atoms with E-state index < -0.39 is 11.7 Å². The number of alkyl carbamates (subject to hydrolysis) is 1. The van der Waals surface area contributed by atoms with Crippen molar-refractivity contribution in [3.63, 3.8) is 0 Å². The van der Waals surface area contributed by atoms with Crippen molar-refractivity contribution < 1.29 is 19.1 Å². The molecule has 1 aromatic carbocycles. The molecule has 0 bridgehead atoms. The molecule has 0 atom stereocenters. The molecule has 0 unspecified atom stereocenters. The summed E-state index contributed by atoms with van der Waals surface area (Å²) in [6.07, 6.45) is 1.65. The minimum atomic E-state index is -0.638. The van der Waals surface area contributed by atoms with E-state index in [9.17, 15) is 14.4 Å². The molecule has 1 amide bonds. The first-order valence-corrected chi connectivity index (χ1v) is 8.45. The molecule has 0 aromatic heterocycles. The van der Waals surface area contributed by atoms with Gasteiger partial charge in [0.05, 0.1) is 5.69 Å². The first-order chi connectivity index (χ1) is 12.0. The van der Waals surface area contributed by atoms with Crippen LogP contribution in [0, 0.1) is 0 Å². The number of benzene rings is 1. The molecule has 6 nitrogen and oxygen atoms in total. The topological polar surface area (TPSA) is 84.8 Å². The Labute approximate surface area is 153 Å². The molecule has 1 aromatic rings. The van der Waals surface area contributed by atoms with Crippen molar-refractivity contribution in [3.8, 4) is 0 Å². The fourth-order valence-electron chi connectivity index (χ4n) is 2.53. The van der Waals surface area contributed by atoms with Gasteiger partial charge in [0.2, 0.25) is 0 Å². The summed E-state index contributed by atoms with van der Waals surface area (Å²) in [4.78, 5) is 39.9. The van der Waals surface area contributed by atoms with Crippen molar-refractivity contribution in [2.24, 2.45) is 4.99 Å². The predicted molar refractivity (Wildman–Crippen MR) is 101 cm³/mol. The van der Waals surface area contributed by atoms with Crippen LogP contribution in [0.3, 0.4) is 0 Å². The number of hydrogen-bond acceptors (Lipinski definition) is 5. The van der Waals surface area contributed by atoms with Gasteiger partial charge >= 0.3 is 6.09 Å². The van der Waals surface area contributed by atoms with Gasteiger partial charge in [0, 0.05) is 24.0 Å². The highest BCUT2D eigenvalue weighted by atomic mass is 16.6. The monoisotopic (exact) mass is 356 g/mol. The Morgan fingerprint density at radius 3 is 2.46 bits per heavy atom. The van der Waals surface area contributed by atoms with Gasteiger partial charge < -0.3 is 4.74 Å². The van der Waals surface area contributed by atoms with E-state index in [-0.39, 0.29) is 18.0 Å². The van der Waals surface area contributed by atoms with Gasteiger partial charge in [-0.15, -0.1) is 0 Å². The molecular formula is C20H24N2O4. The van der Waals surface area contributed by atoms with Crippen LogP contribution in [0.2, 0.25) is 0 Å². The molecule has 0 radical (unpaired) electrons. The Morgan fingerprint density at radius 2 is 1.88 bits per heavy atom. The lowest BCUT2D eigenvalue weighted by Crippen LogP contribution is -2.36. The summed E-state index contributed by atoms with van der Waals surface area (Å²) in [6, 6.07) is 5.47. The van der Waals surface area contributed by atoms with E-state index in [1.54, 1.807) is 32.9 Å². The first kappa shape index (κ1) is 19.6. The molecule has 0 spiro atoms. The zero-order valence-corrected chi connectivity index (χ0v) is 15.8. The second-order valence-electron chi connectivity index (χ2n) is 7.36. The van der Waals surface area contributed by atoms with Gasteiger partial charge in [0.25, 0.3) is 0 Å². The maximum atomic E-state index is 12.1. The third-order valence-corrected chi connectivity index (χ3v) is 3.59. The number of nitrogens with one attached hydrogen (secondary N) is 1. The van der Waals surface area contributed by atoms with Gasteiger partial charge in [-0.2, -0.15) is 0 Å². The van der Waals surface area contributed by atoms with E-state index in [0.29, 0.717) is 23.5 Å². The molecule has 26 heavy (non-hydrogen) atoms. The molecule has 1 aliphatic heterocycles. The van der Waals surface area contributed by atoms with E-state index in [4.69, 9.17) is 4.74 Å². The quantitative estimate of drug-likeness (QED) is 0.894. The molecule has 0 aliphatic carbocycles. The van der Waals surface area contributed by atoms with Crippen LogP contribution in [0.1, 0.15) is 52.2 Å². The Hall–Kier alpha value is -2.76. The van der Waals surface area contributed by atoms with Crippen molar-refractivity contribution in [1.82, 2.24) is 5.32 Å². The normalized spacial score (nSPS) is 13.7. The van der Waals surface area contributed by atoms with Gasteiger partial charge in [0.15, 0.2) is 5.78 Å². The maximum absolute atomic E-state index is 12.1. The number of hydrogen-bond donors (Lipinski definition) is 1. The summed E-state index contributed by atoms with van der Waals surface area (Å²) in [6.45, 7) is 8.31. The predicted octanol–water partition coefficient (Wildman–Crippen LogP) is 3.75. The van der Waals surface area contributed by atoms with Crippen LogP contribution in [-0.4, -0.2) is 29.1 Å². The lowest BCUT2D eigenvalue weighted by molar-refractivity contribution is -0.116. The van der Waals surface area contributed by atoms with E-state index in [0.717, 1.165) is 11.1 Å². The van der Waals surface area contributed by atoms with Gasteiger partial charge in [0.1, 0.15) is 17.2 Å². The molecule has 0 saturated heterocycles. The van der Waals surface area contributed by atoms with E-state index in [2.05, 4.69) is 10.3 Å². The molecule has 1 heterocycles. The second kappa shape index (κ2) is 7.64. The van der Waals surface area contributed by atoms with Crippen molar-refractivity contribution in [2.45, 2.75) is 53.1 Å². The molecular weight excluding hydrogens is 332 g/mol. The number of fused-ring (bicyclic) bond motifs is 1. The zero-order valence-electron chi connectivity index (χ0n) is 15.8. The van der Waals surface area contributed by atoms with Crippen molar-refractivity contribution in [1.29, 1.82) is 0 Å². The number of ketones is 2. The summed E-state index contributed by atoms with van der Waals surface area (Å²) < 4.78 is 5.26.